The molecule has 0 bridgehead atoms. The molecule has 1 fully saturated rings. The predicted octanol–water partition coefficient (Wildman–Crippen LogP) is 3.16. The molecule has 0 aromatic heterocycles. The molecule has 2 rings (SSSR count). The maximum absolute atomic E-state index is 13.8. The van der Waals surface area contributed by atoms with Gasteiger partial charge in [-0.3, -0.25) is 0 Å². The van der Waals surface area contributed by atoms with Crippen molar-refractivity contribution in [1.29, 1.82) is 5.26 Å². The largest absolute Gasteiger partial charge is 0.506 e. The van der Waals surface area contributed by atoms with Gasteiger partial charge < -0.3 is 5.11 Å². The number of phenolic OH excluding ortho intramolecular Hbond substituents is 1. The summed E-state index contributed by atoms with van der Waals surface area (Å²) in [6.07, 6.45) is 1.23. The number of halogens is 2. The fourth-order valence-electron chi connectivity index (χ4n) is 1.72. The maximum atomic E-state index is 13.8. The van der Waals surface area contributed by atoms with Crippen molar-refractivity contribution < 1.29 is 9.50 Å². The molecule has 0 spiro atoms. The third-order valence-corrected chi connectivity index (χ3v) is 3.42. The minimum Gasteiger partial charge on any atom is -0.506 e. The van der Waals surface area contributed by atoms with Crippen LogP contribution in [0.3, 0.4) is 0 Å². The second-order valence-electron chi connectivity index (χ2n) is 3.91. The summed E-state index contributed by atoms with van der Waals surface area (Å²) in [4.78, 5) is 0. The first-order valence-electron chi connectivity index (χ1n) is 4.61. The number of aromatic hydroxyl groups is 1. The van der Waals surface area contributed by atoms with E-state index in [1.807, 2.05) is 0 Å². The van der Waals surface area contributed by atoms with Gasteiger partial charge in [0.05, 0.1) is 21.5 Å². The van der Waals surface area contributed by atoms with E-state index < -0.39 is 11.2 Å². The summed E-state index contributed by atoms with van der Waals surface area (Å²) in [5.41, 5.74) is -0.212. The highest BCUT2D eigenvalue weighted by atomic mass is 79.9. The monoisotopic (exact) mass is 269 g/mol. The van der Waals surface area contributed by atoms with Gasteiger partial charge in [-0.25, -0.2) is 4.39 Å². The Morgan fingerprint density at radius 3 is 2.67 bits per heavy atom. The zero-order valence-corrected chi connectivity index (χ0v) is 9.73. The molecule has 1 aromatic carbocycles. The minimum atomic E-state index is -0.803. The Morgan fingerprint density at radius 2 is 2.20 bits per heavy atom. The van der Waals surface area contributed by atoms with Crippen LogP contribution in [0.4, 0.5) is 4.39 Å². The molecule has 1 aliphatic rings. The lowest BCUT2D eigenvalue weighted by molar-refractivity contribution is 0.449. The van der Waals surface area contributed by atoms with Crippen molar-refractivity contribution >= 4 is 15.9 Å². The molecular weight excluding hydrogens is 261 g/mol. The van der Waals surface area contributed by atoms with E-state index in [9.17, 15) is 9.50 Å². The molecule has 1 N–H and O–H groups in total. The van der Waals surface area contributed by atoms with Crippen LogP contribution in [0.15, 0.2) is 10.5 Å². The molecule has 2 nitrogen and oxygen atoms in total. The second kappa shape index (κ2) is 3.21. The van der Waals surface area contributed by atoms with Gasteiger partial charge in [-0.05, 0) is 47.3 Å². The highest BCUT2D eigenvalue weighted by Gasteiger charge is 2.49. The molecule has 0 heterocycles. The van der Waals surface area contributed by atoms with Gasteiger partial charge in [-0.15, -0.1) is 0 Å². The lowest BCUT2D eigenvalue weighted by atomic mass is 9.94. The number of phenols is 1. The first kappa shape index (κ1) is 10.4. The lowest BCUT2D eigenvalue weighted by Gasteiger charge is -2.13. The van der Waals surface area contributed by atoms with E-state index in [0.717, 1.165) is 0 Å². The van der Waals surface area contributed by atoms with Crippen molar-refractivity contribution in [2.45, 2.75) is 25.2 Å². The summed E-state index contributed by atoms with van der Waals surface area (Å²) >= 11 is 3.15. The summed E-state index contributed by atoms with van der Waals surface area (Å²) < 4.78 is 14.3. The van der Waals surface area contributed by atoms with Crippen LogP contribution in [0.5, 0.6) is 5.75 Å². The molecule has 1 aliphatic carbocycles. The zero-order chi connectivity index (χ0) is 11.2. The third-order valence-electron chi connectivity index (χ3n) is 2.81. The Labute approximate surface area is 95.5 Å². The fraction of sp³-hybridized carbons (Fsp3) is 0.364. The number of benzene rings is 1. The third kappa shape index (κ3) is 1.42. The van der Waals surface area contributed by atoms with Crippen LogP contribution in [0, 0.1) is 24.1 Å². The molecule has 4 heteroatoms. The lowest BCUT2D eigenvalue weighted by Crippen LogP contribution is -2.08. The summed E-state index contributed by atoms with van der Waals surface area (Å²) in [5, 5.41) is 18.8. The van der Waals surface area contributed by atoms with Crippen LogP contribution in [-0.2, 0) is 5.41 Å². The van der Waals surface area contributed by atoms with E-state index in [2.05, 4.69) is 22.0 Å². The van der Waals surface area contributed by atoms with Crippen LogP contribution >= 0.6 is 15.9 Å². The van der Waals surface area contributed by atoms with Gasteiger partial charge in [0.1, 0.15) is 11.6 Å². The standard InChI is InChI=1S/C11H9BrFNO/c1-6-4-7(12)10(15)8(9(6)13)11(5-14)2-3-11/h4,15H,2-3H2,1H3. The van der Waals surface area contributed by atoms with Crippen molar-refractivity contribution in [3.05, 3.63) is 27.5 Å². The Balaban J connectivity index is 2.71. The summed E-state index contributed by atoms with van der Waals surface area (Å²) in [7, 11) is 0. The van der Waals surface area contributed by atoms with Gasteiger partial charge in [-0.2, -0.15) is 5.26 Å². The van der Waals surface area contributed by atoms with Crippen molar-refractivity contribution in [3.8, 4) is 11.8 Å². The van der Waals surface area contributed by atoms with E-state index >= 15 is 0 Å². The number of nitriles is 1. The predicted molar refractivity (Wildman–Crippen MR) is 57.0 cm³/mol. The zero-order valence-electron chi connectivity index (χ0n) is 8.14. The molecule has 78 valence electrons. The van der Waals surface area contributed by atoms with Crippen molar-refractivity contribution in [1.82, 2.24) is 0 Å². The number of hydrogen-bond acceptors (Lipinski definition) is 2. The smallest absolute Gasteiger partial charge is 0.137 e. The summed E-state index contributed by atoms with van der Waals surface area (Å²) in [6, 6.07) is 3.60. The Kier molecular flexibility index (Phi) is 2.23. The molecule has 0 saturated heterocycles. The second-order valence-corrected chi connectivity index (χ2v) is 4.76. The minimum absolute atomic E-state index is 0.142. The number of rotatable bonds is 1. The van der Waals surface area contributed by atoms with Crippen LogP contribution in [-0.4, -0.2) is 5.11 Å². The topological polar surface area (TPSA) is 44.0 Å². The average Bonchev–Trinajstić information content (AvgIpc) is 2.96. The molecule has 1 aromatic rings. The SMILES string of the molecule is Cc1cc(Br)c(O)c(C2(C#N)CC2)c1F. The molecule has 0 radical (unpaired) electrons. The normalized spacial score (nSPS) is 17.2. The molecule has 0 atom stereocenters. The van der Waals surface area contributed by atoms with E-state index in [1.165, 1.54) is 6.07 Å². The van der Waals surface area contributed by atoms with Crippen molar-refractivity contribution in [2.75, 3.05) is 0 Å². The number of hydrogen-bond donors (Lipinski definition) is 1. The Hall–Kier alpha value is -1.08. The Bertz CT molecular complexity index is 448. The highest BCUT2D eigenvalue weighted by molar-refractivity contribution is 9.10. The van der Waals surface area contributed by atoms with Crippen molar-refractivity contribution in [3.63, 3.8) is 0 Å². The van der Waals surface area contributed by atoms with Crippen LogP contribution in [0.2, 0.25) is 0 Å². The summed E-state index contributed by atoms with van der Waals surface area (Å²) in [6.45, 7) is 1.62. The average molecular weight is 270 g/mol. The van der Waals surface area contributed by atoms with E-state index in [-0.39, 0.29) is 11.3 Å². The van der Waals surface area contributed by atoms with Gasteiger partial charge in [0.25, 0.3) is 0 Å². The van der Waals surface area contributed by atoms with E-state index in [1.54, 1.807) is 6.92 Å². The molecule has 1 saturated carbocycles. The highest BCUT2D eigenvalue weighted by Crippen LogP contribution is 2.53. The first-order chi connectivity index (χ1) is 7.02. The quantitative estimate of drug-likeness (QED) is 0.851. The maximum Gasteiger partial charge on any atom is 0.137 e. The number of nitrogens with zero attached hydrogens (tertiary/aromatic N) is 1. The van der Waals surface area contributed by atoms with E-state index in [0.29, 0.717) is 22.9 Å². The molecule has 0 unspecified atom stereocenters. The van der Waals surface area contributed by atoms with Crippen LogP contribution in [0.1, 0.15) is 24.0 Å². The molecule has 0 aliphatic heterocycles. The van der Waals surface area contributed by atoms with Gasteiger partial charge in [0, 0.05) is 0 Å². The van der Waals surface area contributed by atoms with Crippen LogP contribution in [0.25, 0.3) is 0 Å². The Morgan fingerprint density at radius 1 is 1.60 bits per heavy atom. The van der Waals surface area contributed by atoms with Crippen LogP contribution < -0.4 is 0 Å². The number of aryl methyl sites for hydroxylation is 1. The van der Waals surface area contributed by atoms with Gasteiger partial charge >= 0.3 is 0 Å². The summed E-state index contributed by atoms with van der Waals surface area (Å²) in [5.74, 6) is -0.605. The first-order valence-corrected chi connectivity index (χ1v) is 5.40. The van der Waals surface area contributed by atoms with Gasteiger partial charge in [0.2, 0.25) is 0 Å². The van der Waals surface area contributed by atoms with Crippen molar-refractivity contribution in [2.24, 2.45) is 0 Å². The molecule has 15 heavy (non-hydrogen) atoms. The van der Waals surface area contributed by atoms with Gasteiger partial charge in [-0.1, -0.05) is 0 Å². The fourth-order valence-corrected chi connectivity index (χ4v) is 2.26. The van der Waals surface area contributed by atoms with Gasteiger partial charge in [0.15, 0.2) is 0 Å². The van der Waals surface area contributed by atoms with E-state index in [4.69, 9.17) is 5.26 Å². The molecule has 0 amide bonds. The molecular formula is C11H9BrFNO.